The summed E-state index contributed by atoms with van der Waals surface area (Å²) in [4.78, 5) is 15.9. The molecule has 0 radical (unpaired) electrons. The molecular weight excluding hydrogens is 315 g/mol. The van der Waals surface area contributed by atoms with Crippen LogP contribution < -0.4 is 10.6 Å². The van der Waals surface area contributed by atoms with Crippen LogP contribution in [0.4, 0.5) is 10.1 Å². The molecule has 0 saturated heterocycles. The molecule has 0 aliphatic rings. The number of hydrogen-bond donors (Lipinski definition) is 2. The zero-order valence-corrected chi connectivity index (χ0v) is 12.3. The summed E-state index contributed by atoms with van der Waals surface area (Å²) in [6.07, 6.45) is 0. The van der Waals surface area contributed by atoms with Crippen LogP contribution in [0.2, 0.25) is 5.15 Å². The summed E-state index contributed by atoms with van der Waals surface area (Å²) in [5, 5.41) is 14.6. The Hall–Kier alpha value is -2.17. The van der Waals surface area contributed by atoms with Crippen LogP contribution in [0.15, 0.2) is 23.7 Å². The molecule has 0 aliphatic heterocycles. The van der Waals surface area contributed by atoms with Crippen LogP contribution in [0, 0.1) is 17.1 Å². The molecule has 0 bridgehead atoms. The Morgan fingerprint density at radius 2 is 2.29 bits per heavy atom. The molecule has 2 N–H and O–H groups in total. The number of rotatable bonds is 5. The monoisotopic (exact) mass is 324 g/mol. The number of halogens is 2. The summed E-state index contributed by atoms with van der Waals surface area (Å²) in [5.74, 6) is -0.896. The normalized spacial score (nSPS) is 9.95. The van der Waals surface area contributed by atoms with Gasteiger partial charge in [0.1, 0.15) is 22.3 Å². The number of benzene rings is 1. The van der Waals surface area contributed by atoms with Gasteiger partial charge in [-0.1, -0.05) is 17.7 Å². The van der Waals surface area contributed by atoms with E-state index < -0.39 is 5.82 Å². The molecule has 0 fully saturated rings. The van der Waals surface area contributed by atoms with Crippen molar-refractivity contribution in [2.75, 3.05) is 18.4 Å². The molecule has 0 saturated carbocycles. The average Bonchev–Trinajstić information content (AvgIpc) is 2.90. The number of amides is 1. The summed E-state index contributed by atoms with van der Waals surface area (Å²) in [7, 11) is 0. The van der Waals surface area contributed by atoms with Crippen LogP contribution in [0.1, 0.15) is 15.2 Å². The summed E-state index contributed by atoms with van der Waals surface area (Å²) in [6, 6.07) is 6.12. The second-order valence-corrected chi connectivity index (χ2v) is 5.14. The molecule has 1 heterocycles. The number of nitrogens with one attached hydrogen (secondary N) is 2. The zero-order valence-electron chi connectivity index (χ0n) is 10.7. The highest BCUT2D eigenvalue weighted by atomic mass is 35.5. The van der Waals surface area contributed by atoms with Crippen LogP contribution in [-0.2, 0) is 0 Å². The third-order valence-electron chi connectivity index (χ3n) is 2.58. The fourth-order valence-electron chi connectivity index (χ4n) is 1.62. The Morgan fingerprint density at radius 1 is 1.48 bits per heavy atom. The third-order valence-corrected chi connectivity index (χ3v) is 3.81. The number of aromatic nitrogens is 1. The summed E-state index contributed by atoms with van der Waals surface area (Å²) in [5.41, 5.74) is 1.83. The summed E-state index contributed by atoms with van der Waals surface area (Å²) < 4.78 is 13.4. The first-order valence-corrected chi connectivity index (χ1v) is 7.19. The van der Waals surface area contributed by atoms with Crippen molar-refractivity contribution >= 4 is 34.5 Å². The van der Waals surface area contributed by atoms with E-state index >= 15 is 0 Å². The molecule has 0 unspecified atom stereocenters. The first-order chi connectivity index (χ1) is 10.1. The van der Waals surface area contributed by atoms with Gasteiger partial charge in [0.2, 0.25) is 0 Å². The number of hydrogen-bond acceptors (Lipinski definition) is 5. The van der Waals surface area contributed by atoms with E-state index in [1.807, 2.05) is 0 Å². The highest BCUT2D eigenvalue weighted by Gasteiger charge is 2.12. The molecule has 0 aliphatic carbocycles. The first kappa shape index (κ1) is 15.2. The van der Waals surface area contributed by atoms with Crippen molar-refractivity contribution in [3.63, 3.8) is 0 Å². The van der Waals surface area contributed by atoms with Gasteiger partial charge >= 0.3 is 0 Å². The van der Waals surface area contributed by atoms with E-state index in [2.05, 4.69) is 15.6 Å². The Kier molecular flexibility index (Phi) is 5.09. The molecule has 21 heavy (non-hydrogen) atoms. The first-order valence-electron chi connectivity index (χ1n) is 5.93. The zero-order chi connectivity index (χ0) is 15.2. The van der Waals surface area contributed by atoms with Gasteiger partial charge in [0.15, 0.2) is 5.15 Å². The largest absolute Gasteiger partial charge is 0.382 e. The Morgan fingerprint density at radius 3 is 2.95 bits per heavy atom. The molecule has 1 aromatic carbocycles. The topological polar surface area (TPSA) is 77.8 Å². The lowest BCUT2D eigenvalue weighted by Gasteiger charge is -2.09. The maximum atomic E-state index is 13.4. The minimum absolute atomic E-state index is 0.0469. The minimum atomic E-state index is -0.581. The van der Waals surface area contributed by atoms with Crippen molar-refractivity contribution in [3.8, 4) is 6.07 Å². The number of carbonyl (C=O) groups is 1. The number of anilines is 1. The standard InChI is InChI=1S/C13H10ClFN4OS/c14-12-11(21-7-19-12)13(20)18-5-4-17-10-3-1-2-9(15)8(10)6-16/h1-3,7,17H,4-5H2,(H,18,20). The Balaban J connectivity index is 1.86. The van der Waals surface area contributed by atoms with Gasteiger partial charge in [-0.2, -0.15) is 5.26 Å². The van der Waals surface area contributed by atoms with Gasteiger partial charge in [0.25, 0.3) is 5.91 Å². The van der Waals surface area contributed by atoms with Crippen LogP contribution in [0.3, 0.4) is 0 Å². The van der Waals surface area contributed by atoms with Gasteiger partial charge in [-0.05, 0) is 12.1 Å². The van der Waals surface area contributed by atoms with Crippen molar-refractivity contribution in [2.45, 2.75) is 0 Å². The lowest BCUT2D eigenvalue weighted by Crippen LogP contribution is -2.28. The molecule has 8 heteroatoms. The molecule has 5 nitrogen and oxygen atoms in total. The molecule has 1 amide bonds. The van der Waals surface area contributed by atoms with Crippen LogP contribution in [0.25, 0.3) is 0 Å². The van der Waals surface area contributed by atoms with Gasteiger partial charge in [-0.3, -0.25) is 4.79 Å². The van der Waals surface area contributed by atoms with E-state index in [4.69, 9.17) is 16.9 Å². The SMILES string of the molecule is N#Cc1c(F)cccc1NCCNC(=O)c1scnc1Cl. The smallest absolute Gasteiger partial charge is 0.264 e. The fourth-order valence-corrected chi connectivity index (χ4v) is 2.54. The maximum Gasteiger partial charge on any atom is 0.264 e. The maximum absolute atomic E-state index is 13.4. The van der Waals surface area contributed by atoms with Crippen LogP contribution in [-0.4, -0.2) is 24.0 Å². The van der Waals surface area contributed by atoms with Crippen LogP contribution >= 0.6 is 22.9 Å². The fraction of sp³-hybridized carbons (Fsp3) is 0.154. The predicted molar refractivity (Wildman–Crippen MR) is 79.1 cm³/mol. The molecule has 0 atom stereocenters. The van der Waals surface area contributed by atoms with E-state index in [-0.39, 0.29) is 16.6 Å². The van der Waals surface area contributed by atoms with Gasteiger partial charge in [-0.15, -0.1) is 11.3 Å². The summed E-state index contributed by atoms with van der Waals surface area (Å²) in [6.45, 7) is 0.648. The molecule has 0 spiro atoms. The van der Waals surface area contributed by atoms with E-state index in [0.717, 1.165) is 11.3 Å². The van der Waals surface area contributed by atoms with Gasteiger partial charge < -0.3 is 10.6 Å². The van der Waals surface area contributed by atoms with Gasteiger partial charge in [0, 0.05) is 13.1 Å². The van der Waals surface area contributed by atoms with Crippen molar-refractivity contribution < 1.29 is 9.18 Å². The highest BCUT2D eigenvalue weighted by Crippen LogP contribution is 2.18. The van der Waals surface area contributed by atoms with E-state index in [1.165, 1.54) is 17.6 Å². The lowest BCUT2D eigenvalue weighted by molar-refractivity contribution is 0.0959. The predicted octanol–water partition coefficient (Wildman–Crippen LogP) is 2.65. The molecule has 108 valence electrons. The Labute approximate surface area is 129 Å². The number of thiazole rings is 1. The van der Waals surface area contributed by atoms with E-state index in [0.29, 0.717) is 23.7 Å². The lowest BCUT2D eigenvalue weighted by atomic mass is 10.2. The van der Waals surface area contributed by atoms with E-state index in [9.17, 15) is 9.18 Å². The molecule has 1 aromatic heterocycles. The second-order valence-electron chi connectivity index (χ2n) is 3.93. The molecular formula is C13H10ClFN4OS. The van der Waals surface area contributed by atoms with Crippen molar-refractivity contribution in [3.05, 3.63) is 45.1 Å². The third kappa shape index (κ3) is 3.68. The summed E-state index contributed by atoms with van der Waals surface area (Å²) >= 11 is 6.90. The second kappa shape index (κ2) is 7.02. The van der Waals surface area contributed by atoms with Crippen molar-refractivity contribution in [1.82, 2.24) is 10.3 Å². The van der Waals surface area contributed by atoms with Crippen molar-refractivity contribution in [1.29, 1.82) is 5.26 Å². The van der Waals surface area contributed by atoms with Gasteiger partial charge in [0.05, 0.1) is 11.2 Å². The average molecular weight is 325 g/mol. The minimum Gasteiger partial charge on any atom is -0.382 e. The quantitative estimate of drug-likeness (QED) is 0.829. The highest BCUT2D eigenvalue weighted by molar-refractivity contribution is 7.12. The number of nitrogens with zero attached hydrogens (tertiary/aromatic N) is 2. The van der Waals surface area contributed by atoms with Crippen molar-refractivity contribution in [2.24, 2.45) is 0 Å². The van der Waals surface area contributed by atoms with Crippen LogP contribution in [0.5, 0.6) is 0 Å². The van der Waals surface area contributed by atoms with Gasteiger partial charge in [-0.25, -0.2) is 9.37 Å². The number of nitriles is 1. The number of carbonyl (C=O) groups excluding carboxylic acids is 1. The molecule has 2 aromatic rings. The molecule has 2 rings (SSSR count). The Bertz CT molecular complexity index is 698. The van der Waals surface area contributed by atoms with E-state index in [1.54, 1.807) is 12.1 Å².